The van der Waals surface area contributed by atoms with Crippen molar-refractivity contribution in [1.82, 2.24) is 9.29 Å². The molecule has 0 aliphatic heterocycles. The molecule has 6 nitrogen and oxygen atoms in total. The maximum Gasteiger partial charge on any atom is 0.419 e. The van der Waals surface area contributed by atoms with Crippen molar-refractivity contribution >= 4 is 21.1 Å². The first-order chi connectivity index (χ1) is 10.9. The van der Waals surface area contributed by atoms with Crippen molar-refractivity contribution in [2.75, 3.05) is 0 Å². The Bertz CT molecular complexity index is 1020. The number of hydrogen-bond acceptors (Lipinski definition) is 4. The van der Waals surface area contributed by atoms with Gasteiger partial charge in [0.05, 0.1) is 10.4 Å². The van der Waals surface area contributed by atoms with Crippen molar-refractivity contribution in [3.8, 4) is 0 Å². The van der Waals surface area contributed by atoms with E-state index in [0.717, 1.165) is 5.56 Å². The van der Waals surface area contributed by atoms with Gasteiger partial charge < -0.3 is 4.42 Å². The minimum absolute atomic E-state index is 0.107. The van der Waals surface area contributed by atoms with Gasteiger partial charge in [-0.2, -0.15) is 0 Å². The molecule has 0 aliphatic rings. The van der Waals surface area contributed by atoms with Gasteiger partial charge in [0.15, 0.2) is 5.58 Å². The van der Waals surface area contributed by atoms with Crippen LogP contribution in [0.5, 0.6) is 0 Å². The van der Waals surface area contributed by atoms with Crippen LogP contribution in [0.2, 0.25) is 0 Å². The Hall–Kier alpha value is -2.38. The minimum atomic E-state index is -3.71. The van der Waals surface area contributed by atoms with Crippen molar-refractivity contribution < 1.29 is 12.8 Å². The van der Waals surface area contributed by atoms with E-state index >= 15 is 0 Å². The highest BCUT2D eigenvalue weighted by Gasteiger charge is 2.19. The topological polar surface area (TPSA) is 81.3 Å². The number of hydrogen-bond donors (Lipinski definition) is 1. The molecule has 0 atom stereocenters. The van der Waals surface area contributed by atoms with Crippen molar-refractivity contribution in [2.24, 2.45) is 7.05 Å². The van der Waals surface area contributed by atoms with Gasteiger partial charge in [0.1, 0.15) is 0 Å². The molecule has 3 rings (SSSR count). The van der Waals surface area contributed by atoms with Gasteiger partial charge >= 0.3 is 5.76 Å². The van der Waals surface area contributed by atoms with Gasteiger partial charge in [-0.3, -0.25) is 4.57 Å². The Morgan fingerprint density at radius 3 is 2.57 bits per heavy atom. The summed E-state index contributed by atoms with van der Waals surface area (Å²) in [6, 6.07) is 12.3. The molecule has 0 bridgehead atoms. The maximum atomic E-state index is 12.5. The Kier molecular flexibility index (Phi) is 3.83. The number of nitrogens with zero attached hydrogens (tertiary/aromatic N) is 1. The van der Waals surface area contributed by atoms with Gasteiger partial charge in [0.25, 0.3) is 0 Å². The summed E-state index contributed by atoms with van der Waals surface area (Å²) in [6.07, 6.45) is 0. The average Bonchev–Trinajstić information content (AvgIpc) is 2.80. The second-order valence-electron chi connectivity index (χ2n) is 5.32. The predicted molar refractivity (Wildman–Crippen MR) is 86.7 cm³/mol. The molecular formula is C16H16N2O4S. The summed E-state index contributed by atoms with van der Waals surface area (Å²) in [5.41, 5.74) is 2.23. The van der Waals surface area contributed by atoms with Gasteiger partial charge in [-0.1, -0.05) is 30.3 Å². The Labute approximate surface area is 133 Å². The van der Waals surface area contributed by atoms with Gasteiger partial charge in [-0.25, -0.2) is 17.9 Å². The molecule has 2 aromatic carbocycles. The second kappa shape index (κ2) is 5.68. The second-order valence-corrected chi connectivity index (χ2v) is 7.06. The average molecular weight is 332 g/mol. The molecule has 1 heterocycles. The number of benzene rings is 2. The van der Waals surface area contributed by atoms with E-state index in [1.807, 2.05) is 30.3 Å². The number of aryl methyl sites for hydroxylation is 2. The molecule has 1 N–H and O–H groups in total. The molecule has 0 saturated carbocycles. The van der Waals surface area contributed by atoms with Crippen LogP contribution < -0.4 is 10.5 Å². The molecule has 0 fully saturated rings. The summed E-state index contributed by atoms with van der Waals surface area (Å²) in [7, 11) is -2.13. The first kappa shape index (κ1) is 15.5. The summed E-state index contributed by atoms with van der Waals surface area (Å²) < 4.78 is 34.0. The lowest BCUT2D eigenvalue weighted by Crippen LogP contribution is -2.24. The predicted octanol–water partition coefficient (Wildman–Crippen LogP) is 1.92. The number of fused-ring (bicyclic) bond motifs is 1. The highest BCUT2D eigenvalue weighted by atomic mass is 32.2. The summed E-state index contributed by atoms with van der Waals surface area (Å²) in [4.78, 5) is 11.7. The summed E-state index contributed by atoms with van der Waals surface area (Å²) in [5, 5.41) is 0. The van der Waals surface area contributed by atoms with Gasteiger partial charge in [-0.15, -0.1) is 0 Å². The number of aromatic nitrogens is 1. The van der Waals surface area contributed by atoms with Gasteiger partial charge in [-0.05, 0) is 24.1 Å². The van der Waals surface area contributed by atoms with E-state index in [1.165, 1.54) is 10.6 Å². The van der Waals surface area contributed by atoms with Gasteiger partial charge in [0, 0.05) is 19.7 Å². The minimum Gasteiger partial charge on any atom is -0.408 e. The van der Waals surface area contributed by atoms with Crippen LogP contribution >= 0.6 is 0 Å². The lowest BCUT2D eigenvalue weighted by molar-refractivity contribution is 0.527. The van der Waals surface area contributed by atoms with Crippen LogP contribution in [0.25, 0.3) is 11.1 Å². The number of nitrogens with one attached hydrogen (secondary N) is 1. The molecule has 0 amide bonds. The maximum absolute atomic E-state index is 12.5. The highest BCUT2D eigenvalue weighted by Crippen LogP contribution is 2.22. The van der Waals surface area contributed by atoms with E-state index in [-0.39, 0.29) is 17.0 Å². The number of rotatable bonds is 4. The quantitative estimate of drug-likeness (QED) is 0.791. The van der Waals surface area contributed by atoms with Crippen LogP contribution in [0.3, 0.4) is 0 Å². The SMILES string of the molecule is Cc1cc2c(cc1S(=O)(=O)NCc1ccccc1)oc(=O)n2C. The van der Waals surface area contributed by atoms with Crippen LogP contribution in [0.4, 0.5) is 0 Å². The van der Waals surface area contributed by atoms with Crippen LogP contribution in [0.15, 0.2) is 56.6 Å². The van der Waals surface area contributed by atoms with E-state index in [4.69, 9.17) is 4.42 Å². The molecule has 0 aliphatic carbocycles. The lowest BCUT2D eigenvalue weighted by Gasteiger charge is -2.09. The van der Waals surface area contributed by atoms with Crippen LogP contribution in [-0.2, 0) is 23.6 Å². The molecule has 120 valence electrons. The monoisotopic (exact) mass is 332 g/mol. The fraction of sp³-hybridized carbons (Fsp3) is 0.188. The molecule has 3 aromatic rings. The summed E-state index contributed by atoms with van der Waals surface area (Å²) in [5.74, 6) is -0.522. The molecule has 7 heteroatoms. The van der Waals surface area contributed by atoms with Crippen LogP contribution in [0.1, 0.15) is 11.1 Å². The zero-order valence-electron chi connectivity index (χ0n) is 12.7. The Morgan fingerprint density at radius 2 is 1.87 bits per heavy atom. The van der Waals surface area contributed by atoms with Crippen molar-refractivity contribution in [2.45, 2.75) is 18.4 Å². The molecule has 0 saturated heterocycles. The molecule has 0 unspecified atom stereocenters. The van der Waals surface area contributed by atoms with E-state index in [2.05, 4.69) is 4.72 Å². The lowest BCUT2D eigenvalue weighted by atomic mass is 10.2. The Morgan fingerprint density at radius 1 is 1.17 bits per heavy atom. The molecule has 23 heavy (non-hydrogen) atoms. The molecule has 1 aromatic heterocycles. The van der Waals surface area contributed by atoms with Gasteiger partial charge in [0.2, 0.25) is 10.0 Å². The van der Waals surface area contributed by atoms with Crippen LogP contribution in [-0.4, -0.2) is 13.0 Å². The van der Waals surface area contributed by atoms with E-state index in [1.54, 1.807) is 20.0 Å². The van der Waals surface area contributed by atoms with Crippen LogP contribution in [0, 0.1) is 6.92 Å². The highest BCUT2D eigenvalue weighted by molar-refractivity contribution is 7.89. The third-order valence-corrected chi connectivity index (χ3v) is 5.23. The third kappa shape index (κ3) is 2.93. The first-order valence-corrected chi connectivity index (χ1v) is 8.50. The largest absolute Gasteiger partial charge is 0.419 e. The molecular weight excluding hydrogens is 316 g/mol. The molecule has 0 spiro atoms. The first-order valence-electron chi connectivity index (χ1n) is 7.02. The summed E-state index contributed by atoms with van der Waals surface area (Å²) >= 11 is 0. The van der Waals surface area contributed by atoms with Crippen molar-refractivity contribution in [1.29, 1.82) is 0 Å². The number of sulfonamides is 1. The standard InChI is InChI=1S/C16H16N2O4S/c1-11-8-13-14(22-16(19)18(13)2)9-15(11)23(20,21)17-10-12-6-4-3-5-7-12/h3-9,17H,10H2,1-2H3. The smallest absolute Gasteiger partial charge is 0.408 e. The number of oxazole rings is 1. The summed E-state index contributed by atoms with van der Waals surface area (Å²) in [6.45, 7) is 1.88. The zero-order chi connectivity index (χ0) is 16.6. The van der Waals surface area contributed by atoms with Crippen molar-refractivity contribution in [3.63, 3.8) is 0 Å². The third-order valence-electron chi connectivity index (χ3n) is 3.69. The van der Waals surface area contributed by atoms with E-state index in [9.17, 15) is 13.2 Å². The fourth-order valence-corrected chi connectivity index (χ4v) is 3.66. The Balaban J connectivity index is 1.97. The molecule has 0 radical (unpaired) electrons. The fourth-order valence-electron chi connectivity index (χ4n) is 2.40. The zero-order valence-corrected chi connectivity index (χ0v) is 13.6. The van der Waals surface area contributed by atoms with Crippen molar-refractivity contribution in [3.05, 3.63) is 64.1 Å². The van der Waals surface area contributed by atoms with E-state index < -0.39 is 15.8 Å². The normalized spacial score (nSPS) is 11.9. The van der Waals surface area contributed by atoms with E-state index in [0.29, 0.717) is 11.1 Å².